The fourth-order valence-corrected chi connectivity index (χ4v) is 1.70. The second-order valence-electron chi connectivity index (χ2n) is 3.96. The van der Waals surface area contributed by atoms with Gasteiger partial charge in [-0.05, 0) is 6.07 Å². The third-order valence-electron chi connectivity index (χ3n) is 2.42. The number of amides is 2. The van der Waals surface area contributed by atoms with Crippen LogP contribution in [-0.2, 0) is 9.59 Å². The standard InChI is InChI=1S/C11H10ClN3O6/c12-7-3-5(15(20)21)1-2-6(7)10(17)14-8(11(18)19)4-9(13)16/h1-3,8H,4H2,(H2,13,16)(H,14,17)(H,18,19)/t8-/m0/s1. The number of aliphatic carboxylic acids is 1. The highest BCUT2D eigenvalue weighted by Crippen LogP contribution is 2.22. The fourth-order valence-electron chi connectivity index (χ4n) is 1.44. The number of rotatable bonds is 6. The number of primary amides is 1. The number of hydrogen-bond acceptors (Lipinski definition) is 5. The molecule has 1 aromatic carbocycles. The van der Waals surface area contributed by atoms with Crippen molar-refractivity contribution in [2.24, 2.45) is 5.73 Å². The maximum absolute atomic E-state index is 11.9. The Morgan fingerprint density at radius 3 is 2.48 bits per heavy atom. The van der Waals surface area contributed by atoms with E-state index in [0.29, 0.717) is 0 Å². The van der Waals surface area contributed by atoms with Gasteiger partial charge in [0.1, 0.15) is 6.04 Å². The number of nitrogens with zero attached hydrogens (tertiary/aromatic N) is 1. The number of nitrogens with two attached hydrogens (primary N) is 1. The summed E-state index contributed by atoms with van der Waals surface area (Å²) in [6.45, 7) is 0. The Bertz CT molecular complexity index is 618. The minimum absolute atomic E-state index is 0.155. The molecule has 0 saturated heterocycles. The van der Waals surface area contributed by atoms with Gasteiger partial charge in [-0.15, -0.1) is 0 Å². The molecule has 0 spiro atoms. The van der Waals surface area contributed by atoms with Gasteiger partial charge in [0.15, 0.2) is 0 Å². The molecule has 0 fully saturated rings. The van der Waals surface area contributed by atoms with Gasteiger partial charge in [0.25, 0.3) is 11.6 Å². The summed E-state index contributed by atoms with van der Waals surface area (Å²) in [6, 6.07) is 1.57. The first-order chi connectivity index (χ1) is 9.72. The van der Waals surface area contributed by atoms with Crippen LogP contribution in [0, 0.1) is 10.1 Å². The minimum Gasteiger partial charge on any atom is -0.480 e. The van der Waals surface area contributed by atoms with Crippen LogP contribution in [0.1, 0.15) is 16.8 Å². The quantitative estimate of drug-likeness (QED) is 0.507. The number of carbonyl (C=O) groups excluding carboxylic acids is 2. The molecule has 112 valence electrons. The number of carboxylic acids is 1. The van der Waals surface area contributed by atoms with Crippen LogP contribution in [0.4, 0.5) is 5.69 Å². The van der Waals surface area contributed by atoms with E-state index in [1.54, 1.807) is 0 Å². The van der Waals surface area contributed by atoms with Crippen molar-refractivity contribution < 1.29 is 24.4 Å². The number of nitro groups is 1. The smallest absolute Gasteiger partial charge is 0.326 e. The number of hydrogen-bond donors (Lipinski definition) is 3. The molecule has 2 amide bonds. The molecular formula is C11H10ClN3O6. The maximum atomic E-state index is 11.9. The highest BCUT2D eigenvalue weighted by Gasteiger charge is 2.24. The molecule has 21 heavy (non-hydrogen) atoms. The predicted molar refractivity (Wildman–Crippen MR) is 70.8 cm³/mol. The molecule has 0 bridgehead atoms. The van der Waals surface area contributed by atoms with Gasteiger partial charge in [0.2, 0.25) is 5.91 Å². The molecule has 1 rings (SSSR count). The topological polar surface area (TPSA) is 153 Å². The average Bonchev–Trinajstić information content (AvgIpc) is 2.36. The van der Waals surface area contributed by atoms with E-state index in [9.17, 15) is 24.5 Å². The molecule has 0 aromatic heterocycles. The van der Waals surface area contributed by atoms with Crippen LogP contribution >= 0.6 is 11.6 Å². The van der Waals surface area contributed by atoms with Crippen LogP contribution < -0.4 is 11.1 Å². The van der Waals surface area contributed by atoms with Gasteiger partial charge in [-0.3, -0.25) is 19.7 Å². The van der Waals surface area contributed by atoms with E-state index in [-0.39, 0.29) is 16.3 Å². The minimum atomic E-state index is -1.51. The lowest BCUT2D eigenvalue weighted by molar-refractivity contribution is -0.384. The van der Waals surface area contributed by atoms with E-state index >= 15 is 0 Å². The zero-order valence-electron chi connectivity index (χ0n) is 10.4. The summed E-state index contributed by atoms with van der Waals surface area (Å²) in [5.41, 5.74) is 4.40. The third kappa shape index (κ3) is 4.42. The second kappa shape index (κ2) is 6.66. The molecule has 0 aliphatic heterocycles. The highest BCUT2D eigenvalue weighted by molar-refractivity contribution is 6.34. The van der Waals surface area contributed by atoms with Gasteiger partial charge in [-0.1, -0.05) is 11.6 Å². The van der Waals surface area contributed by atoms with Crippen LogP contribution in [0.2, 0.25) is 5.02 Å². The number of carbonyl (C=O) groups is 3. The maximum Gasteiger partial charge on any atom is 0.326 e. The van der Waals surface area contributed by atoms with Crippen molar-refractivity contribution in [2.75, 3.05) is 0 Å². The summed E-state index contributed by atoms with van der Waals surface area (Å²) in [5, 5.41) is 21.2. The normalized spacial score (nSPS) is 11.5. The first-order valence-corrected chi connectivity index (χ1v) is 5.86. The monoisotopic (exact) mass is 315 g/mol. The molecule has 1 aromatic rings. The van der Waals surface area contributed by atoms with Crippen LogP contribution in [0.5, 0.6) is 0 Å². The molecule has 9 nitrogen and oxygen atoms in total. The highest BCUT2D eigenvalue weighted by atomic mass is 35.5. The van der Waals surface area contributed by atoms with Crippen molar-refractivity contribution in [2.45, 2.75) is 12.5 Å². The number of nitro benzene ring substituents is 1. The first kappa shape index (κ1) is 16.4. The van der Waals surface area contributed by atoms with E-state index < -0.39 is 35.2 Å². The number of benzene rings is 1. The Morgan fingerprint density at radius 1 is 1.43 bits per heavy atom. The van der Waals surface area contributed by atoms with E-state index in [1.807, 2.05) is 0 Å². The van der Waals surface area contributed by atoms with Crippen LogP contribution in [-0.4, -0.2) is 33.9 Å². The zero-order valence-corrected chi connectivity index (χ0v) is 11.2. The fraction of sp³-hybridized carbons (Fsp3) is 0.182. The Labute approximate surface area is 122 Å². The second-order valence-corrected chi connectivity index (χ2v) is 4.36. The van der Waals surface area contributed by atoms with Gasteiger partial charge < -0.3 is 16.2 Å². The summed E-state index contributed by atoms with van der Waals surface area (Å²) in [6.07, 6.45) is -0.592. The summed E-state index contributed by atoms with van der Waals surface area (Å²) in [7, 11) is 0. The van der Waals surface area contributed by atoms with Gasteiger partial charge in [-0.25, -0.2) is 4.79 Å². The van der Waals surface area contributed by atoms with Gasteiger partial charge in [0.05, 0.1) is 21.9 Å². The molecule has 0 radical (unpaired) electrons. The third-order valence-corrected chi connectivity index (χ3v) is 2.73. The first-order valence-electron chi connectivity index (χ1n) is 5.48. The number of halogens is 1. The van der Waals surface area contributed by atoms with E-state index in [0.717, 1.165) is 18.2 Å². The van der Waals surface area contributed by atoms with Gasteiger partial charge in [0, 0.05) is 12.1 Å². The summed E-state index contributed by atoms with van der Waals surface area (Å²) >= 11 is 5.73. The Morgan fingerprint density at radius 2 is 2.05 bits per heavy atom. The Hall–Kier alpha value is -2.68. The molecule has 1 atom stereocenters. The number of non-ortho nitro benzene ring substituents is 1. The Kier molecular flexibility index (Phi) is 5.19. The van der Waals surface area contributed by atoms with Crippen LogP contribution in [0.15, 0.2) is 18.2 Å². The van der Waals surface area contributed by atoms with Gasteiger partial charge in [-0.2, -0.15) is 0 Å². The summed E-state index contributed by atoms with van der Waals surface area (Å²) in [4.78, 5) is 43.3. The molecule has 0 heterocycles. The summed E-state index contributed by atoms with van der Waals surface area (Å²) < 4.78 is 0. The van der Waals surface area contributed by atoms with E-state index in [2.05, 4.69) is 5.32 Å². The number of carboxylic acid groups (broad SMARTS) is 1. The lowest BCUT2D eigenvalue weighted by Crippen LogP contribution is -2.43. The summed E-state index contributed by atoms with van der Waals surface area (Å²) in [5.74, 6) is -3.23. The van der Waals surface area contributed by atoms with Crippen molar-refractivity contribution in [3.05, 3.63) is 38.9 Å². The average molecular weight is 316 g/mol. The lowest BCUT2D eigenvalue weighted by Gasteiger charge is -2.13. The SMILES string of the molecule is NC(=O)C[C@H](NC(=O)c1ccc([N+](=O)[O-])cc1Cl)C(=O)O. The van der Waals surface area contributed by atoms with Crippen LogP contribution in [0.25, 0.3) is 0 Å². The van der Waals surface area contributed by atoms with E-state index in [1.165, 1.54) is 0 Å². The van der Waals surface area contributed by atoms with Crippen molar-refractivity contribution >= 4 is 35.1 Å². The van der Waals surface area contributed by atoms with Crippen molar-refractivity contribution in [3.63, 3.8) is 0 Å². The molecule has 4 N–H and O–H groups in total. The molecule has 0 aliphatic carbocycles. The molecule has 0 aliphatic rings. The van der Waals surface area contributed by atoms with Crippen molar-refractivity contribution in [3.8, 4) is 0 Å². The van der Waals surface area contributed by atoms with Crippen molar-refractivity contribution in [1.29, 1.82) is 0 Å². The molecule has 0 saturated carbocycles. The van der Waals surface area contributed by atoms with Crippen LogP contribution in [0.3, 0.4) is 0 Å². The zero-order chi connectivity index (χ0) is 16.2. The largest absolute Gasteiger partial charge is 0.480 e. The van der Waals surface area contributed by atoms with Gasteiger partial charge >= 0.3 is 5.97 Å². The van der Waals surface area contributed by atoms with Crippen molar-refractivity contribution in [1.82, 2.24) is 5.32 Å². The Balaban J connectivity index is 2.95. The molecule has 10 heteroatoms. The number of nitrogens with one attached hydrogen (secondary N) is 1. The lowest BCUT2D eigenvalue weighted by atomic mass is 10.1. The van der Waals surface area contributed by atoms with E-state index in [4.69, 9.17) is 22.4 Å². The predicted octanol–water partition coefficient (Wildman–Crippen LogP) is 0.307. The molecule has 0 unspecified atom stereocenters. The molecular weight excluding hydrogens is 306 g/mol.